The van der Waals surface area contributed by atoms with Gasteiger partial charge in [0.15, 0.2) is 0 Å². The first-order chi connectivity index (χ1) is 14.5. The highest BCUT2D eigenvalue weighted by Crippen LogP contribution is 2.28. The van der Waals surface area contributed by atoms with Gasteiger partial charge >= 0.3 is 0 Å². The number of hydrogen-bond donors (Lipinski definition) is 2. The van der Waals surface area contributed by atoms with Crippen LogP contribution in [-0.2, 0) is 0 Å². The normalized spacial score (nSPS) is 16.1. The molecule has 0 radical (unpaired) electrons. The van der Waals surface area contributed by atoms with Gasteiger partial charge in [0.25, 0.3) is 5.91 Å². The topological polar surface area (TPSA) is 71.0 Å². The van der Waals surface area contributed by atoms with E-state index in [4.69, 9.17) is 32.7 Å². The van der Waals surface area contributed by atoms with Gasteiger partial charge in [0.05, 0.1) is 28.8 Å². The van der Waals surface area contributed by atoms with Crippen LogP contribution in [0, 0.1) is 0 Å². The molecule has 3 rings (SSSR count). The number of para-hydroxylation sites is 1. The van der Waals surface area contributed by atoms with Gasteiger partial charge in [-0.15, -0.1) is 0 Å². The number of piperidine rings is 1. The Bertz CT molecular complexity index is 857. The lowest BCUT2D eigenvalue weighted by Gasteiger charge is -2.33. The van der Waals surface area contributed by atoms with Crippen molar-refractivity contribution < 1.29 is 19.4 Å². The molecule has 1 saturated heterocycles. The number of rotatable bonds is 8. The third kappa shape index (κ3) is 6.25. The zero-order valence-corrected chi connectivity index (χ0v) is 18.3. The van der Waals surface area contributed by atoms with Gasteiger partial charge in [-0.1, -0.05) is 35.3 Å². The molecule has 8 heteroatoms. The summed E-state index contributed by atoms with van der Waals surface area (Å²) in [6, 6.07) is 12.3. The molecule has 1 heterocycles. The number of aliphatic hydroxyl groups is 1. The molecule has 2 aromatic carbocycles. The second-order valence-corrected chi connectivity index (χ2v) is 8.07. The van der Waals surface area contributed by atoms with Crippen LogP contribution in [0.1, 0.15) is 23.2 Å². The largest absolute Gasteiger partial charge is 0.496 e. The Morgan fingerprint density at radius 1 is 1.20 bits per heavy atom. The van der Waals surface area contributed by atoms with E-state index in [2.05, 4.69) is 10.2 Å². The number of nitrogens with one attached hydrogen (secondary N) is 1. The summed E-state index contributed by atoms with van der Waals surface area (Å²) < 4.78 is 11.2. The number of β-amino-alcohol motifs (C(OH)–C–C–N with tert-alkyl or cyclic N) is 1. The second-order valence-electron chi connectivity index (χ2n) is 7.26. The number of amides is 1. The number of benzene rings is 2. The van der Waals surface area contributed by atoms with Gasteiger partial charge in [-0.05, 0) is 37.1 Å². The summed E-state index contributed by atoms with van der Waals surface area (Å²) in [4.78, 5) is 14.5. The highest BCUT2D eigenvalue weighted by Gasteiger charge is 2.23. The van der Waals surface area contributed by atoms with E-state index in [9.17, 15) is 9.90 Å². The van der Waals surface area contributed by atoms with E-state index < -0.39 is 6.10 Å². The van der Waals surface area contributed by atoms with Crippen molar-refractivity contribution >= 4 is 29.1 Å². The maximum atomic E-state index is 12.3. The third-order valence-corrected chi connectivity index (χ3v) is 5.79. The molecule has 0 spiro atoms. The molecule has 1 amide bonds. The fourth-order valence-electron chi connectivity index (χ4n) is 3.45. The Kier molecular flexibility index (Phi) is 8.22. The number of likely N-dealkylation sites (tertiary alicyclic amines) is 1. The van der Waals surface area contributed by atoms with Crippen LogP contribution in [0.15, 0.2) is 42.5 Å². The number of hydrogen-bond acceptors (Lipinski definition) is 5. The zero-order valence-electron chi connectivity index (χ0n) is 16.8. The van der Waals surface area contributed by atoms with E-state index in [1.54, 1.807) is 36.4 Å². The van der Waals surface area contributed by atoms with Gasteiger partial charge in [-0.25, -0.2) is 0 Å². The highest BCUT2D eigenvalue weighted by atomic mass is 35.5. The Labute approximate surface area is 186 Å². The molecule has 0 bridgehead atoms. The molecule has 1 aliphatic rings. The first kappa shape index (κ1) is 22.7. The van der Waals surface area contributed by atoms with Crippen LogP contribution in [-0.4, -0.2) is 61.4 Å². The molecule has 1 atom stereocenters. The molecule has 2 aromatic rings. The van der Waals surface area contributed by atoms with E-state index in [1.807, 2.05) is 6.07 Å². The lowest BCUT2D eigenvalue weighted by Crippen LogP contribution is -2.45. The minimum absolute atomic E-state index is 0.0980. The van der Waals surface area contributed by atoms with E-state index in [-0.39, 0.29) is 18.6 Å². The van der Waals surface area contributed by atoms with Crippen molar-refractivity contribution in [2.75, 3.05) is 33.3 Å². The number of carbonyl (C=O) groups excluding carboxylic acids is 1. The molecule has 162 valence electrons. The summed E-state index contributed by atoms with van der Waals surface area (Å²) in [6.45, 7) is 2.29. The molecule has 30 heavy (non-hydrogen) atoms. The lowest BCUT2D eigenvalue weighted by atomic mass is 10.1. The zero-order chi connectivity index (χ0) is 21.5. The van der Waals surface area contributed by atoms with Gasteiger partial charge in [-0.3, -0.25) is 4.79 Å². The number of carbonyl (C=O) groups is 1. The van der Waals surface area contributed by atoms with Gasteiger partial charge in [0, 0.05) is 32.2 Å². The van der Waals surface area contributed by atoms with Gasteiger partial charge in [-0.2, -0.15) is 0 Å². The minimum atomic E-state index is -0.656. The molecule has 1 fully saturated rings. The van der Waals surface area contributed by atoms with Gasteiger partial charge in [0.1, 0.15) is 17.6 Å². The maximum Gasteiger partial charge on any atom is 0.255 e. The molecule has 0 aliphatic carbocycles. The molecular formula is C22H26Cl2N2O4. The minimum Gasteiger partial charge on any atom is -0.496 e. The first-order valence-electron chi connectivity index (χ1n) is 9.89. The standard InChI is InChI=1S/C22H26Cl2N2O4/c1-29-21-5-3-2-4-18(21)22(28)25-13-15(27)14-26-10-8-16(9-11-26)30-17-6-7-19(23)20(24)12-17/h2-7,12,15-16,27H,8-11,13-14H2,1H3,(H,25,28). The lowest BCUT2D eigenvalue weighted by molar-refractivity contribution is 0.0593. The van der Waals surface area contributed by atoms with E-state index in [0.29, 0.717) is 33.7 Å². The van der Waals surface area contributed by atoms with Crippen molar-refractivity contribution in [1.82, 2.24) is 10.2 Å². The summed E-state index contributed by atoms with van der Waals surface area (Å²) in [7, 11) is 1.52. The van der Waals surface area contributed by atoms with Crippen LogP contribution in [0.3, 0.4) is 0 Å². The van der Waals surface area contributed by atoms with Crippen molar-refractivity contribution in [2.24, 2.45) is 0 Å². The predicted octanol–water partition coefficient (Wildman–Crippen LogP) is 3.64. The van der Waals surface area contributed by atoms with Crippen molar-refractivity contribution in [3.8, 4) is 11.5 Å². The Morgan fingerprint density at radius 2 is 1.93 bits per heavy atom. The molecule has 2 N–H and O–H groups in total. The van der Waals surface area contributed by atoms with Crippen LogP contribution < -0.4 is 14.8 Å². The number of aliphatic hydroxyl groups excluding tert-OH is 1. The van der Waals surface area contributed by atoms with Gasteiger partial charge in [0.2, 0.25) is 0 Å². The van der Waals surface area contributed by atoms with Crippen LogP contribution in [0.4, 0.5) is 0 Å². The highest BCUT2D eigenvalue weighted by molar-refractivity contribution is 6.42. The smallest absolute Gasteiger partial charge is 0.255 e. The van der Waals surface area contributed by atoms with Crippen molar-refractivity contribution in [3.63, 3.8) is 0 Å². The number of methoxy groups -OCH3 is 1. The number of ether oxygens (including phenoxy) is 2. The van der Waals surface area contributed by atoms with Crippen LogP contribution >= 0.6 is 23.2 Å². The molecule has 1 aliphatic heterocycles. The van der Waals surface area contributed by atoms with Crippen molar-refractivity contribution in [2.45, 2.75) is 25.0 Å². The van der Waals surface area contributed by atoms with E-state index in [1.165, 1.54) is 7.11 Å². The second kappa shape index (κ2) is 10.9. The number of halogens is 2. The Morgan fingerprint density at radius 3 is 2.63 bits per heavy atom. The molecule has 0 aromatic heterocycles. The molecule has 6 nitrogen and oxygen atoms in total. The summed E-state index contributed by atoms with van der Waals surface area (Å²) in [5, 5.41) is 14.1. The molecule has 0 saturated carbocycles. The van der Waals surface area contributed by atoms with Crippen LogP contribution in [0.2, 0.25) is 10.0 Å². The van der Waals surface area contributed by atoms with E-state index >= 15 is 0 Å². The fourth-order valence-corrected chi connectivity index (χ4v) is 3.74. The average Bonchev–Trinajstić information content (AvgIpc) is 2.76. The summed E-state index contributed by atoms with van der Waals surface area (Å²) in [5.74, 6) is 0.954. The number of nitrogens with zero attached hydrogens (tertiary/aromatic N) is 1. The summed E-state index contributed by atoms with van der Waals surface area (Å²) in [5.41, 5.74) is 0.451. The van der Waals surface area contributed by atoms with E-state index in [0.717, 1.165) is 25.9 Å². The maximum absolute atomic E-state index is 12.3. The quantitative estimate of drug-likeness (QED) is 0.639. The predicted molar refractivity (Wildman–Crippen MR) is 118 cm³/mol. The summed E-state index contributed by atoms with van der Waals surface area (Å²) >= 11 is 12.0. The third-order valence-electron chi connectivity index (χ3n) is 5.05. The van der Waals surface area contributed by atoms with Crippen LogP contribution in [0.25, 0.3) is 0 Å². The first-order valence-corrected chi connectivity index (χ1v) is 10.6. The fraction of sp³-hybridized carbons (Fsp3) is 0.409. The molecule has 1 unspecified atom stereocenters. The SMILES string of the molecule is COc1ccccc1C(=O)NCC(O)CN1CCC(Oc2ccc(Cl)c(Cl)c2)CC1. The van der Waals surface area contributed by atoms with Gasteiger partial charge < -0.3 is 24.8 Å². The van der Waals surface area contributed by atoms with Crippen molar-refractivity contribution in [3.05, 3.63) is 58.1 Å². The summed E-state index contributed by atoms with van der Waals surface area (Å²) in [6.07, 6.45) is 1.14. The Balaban J connectivity index is 1.40. The Hall–Kier alpha value is -1.99. The monoisotopic (exact) mass is 452 g/mol. The van der Waals surface area contributed by atoms with Crippen molar-refractivity contribution in [1.29, 1.82) is 0 Å². The average molecular weight is 453 g/mol. The van der Waals surface area contributed by atoms with Crippen LogP contribution in [0.5, 0.6) is 11.5 Å². The molecular weight excluding hydrogens is 427 g/mol.